The number of aromatic nitrogens is 3. The van der Waals surface area contributed by atoms with Crippen molar-refractivity contribution in [2.24, 2.45) is 0 Å². The summed E-state index contributed by atoms with van der Waals surface area (Å²) in [7, 11) is 0. The minimum atomic E-state index is 0.213. The number of unbranched alkanes of at least 4 members (excludes halogenated alkanes) is 1. The lowest BCUT2D eigenvalue weighted by atomic mass is 10.00. The van der Waals surface area contributed by atoms with Crippen LogP contribution in [0.4, 0.5) is 17.6 Å². The van der Waals surface area contributed by atoms with Crippen molar-refractivity contribution in [3.05, 3.63) is 52.0 Å². The average molecular weight is 418 g/mol. The number of H-pyrrole nitrogens is 1. The van der Waals surface area contributed by atoms with Gasteiger partial charge in [0.15, 0.2) is 0 Å². The highest BCUT2D eigenvalue weighted by molar-refractivity contribution is 6.39. The molecule has 4 N–H and O–H groups in total. The van der Waals surface area contributed by atoms with Crippen LogP contribution in [0.25, 0.3) is 11.1 Å². The summed E-state index contributed by atoms with van der Waals surface area (Å²) in [4.78, 5) is 15.9. The summed E-state index contributed by atoms with van der Waals surface area (Å²) >= 11 is 12.9. The minimum absolute atomic E-state index is 0.213. The van der Waals surface area contributed by atoms with Gasteiger partial charge >= 0.3 is 0 Å². The van der Waals surface area contributed by atoms with Crippen molar-refractivity contribution in [2.75, 3.05) is 11.1 Å². The predicted octanol–water partition coefficient (Wildman–Crippen LogP) is 5.41. The molecule has 1 heterocycles. The molecule has 0 bridgehead atoms. The van der Waals surface area contributed by atoms with E-state index in [9.17, 15) is 4.79 Å². The zero-order valence-corrected chi connectivity index (χ0v) is 16.9. The van der Waals surface area contributed by atoms with E-state index in [1.54, 1.807) is 12.1 Å². The van der Waals surface area contributed by atoms with Gasteiger partial charge in [0.05, 0.1) is 10.0 Å². The molecule has 2 aromatic carbocycles. The van der Waals surface area contributed by atoms with E-state index < -0.39 is 0 Å². The first-order valence-corrected chi connectivity index (χ1v) is 9.76. The number of hydrogen-bond acceptors (Lipinski definition) is 5. The number of ketones is 1. The molecule has 8 heteroatoms. The molecule has 0 aliphatic carbocycles. The van der Waals surface area contributed by atoms with E-state index in [0.717, 1.165) is 29.5 Å². The Morgan fingerprint density at radius 2 is 1.86 bits per heavy atom. The smallest absolute Gasteiger partial charge is 0.248 e. The Kier molecular flexibility index (Phi) is 6.54. The van der Waals surface area contributed by atoms with E-state index in [4.69, 9.17) is 28.9 Å². The Balaban J connectivity index is 1.76. The standard InChI is InChI=1S/C20H21Cl2N5O/c1-2-3-4-15(28)9-12-5-7-13(8-6-12)18-16(21)10-14(11-17(18)22)24-20-25-19(23)26-27-20/h5-8,10-11H,2-4,9H2,1H3,(H4,23,24,25,26,27). The third-order valence-corrected chi connectivity index (χ3v) is 4.85. The predicted molar refractivity (Wildman–Crippen MR) is 114 cm³/mol. The molecule has 0 saturated heterocycles. The molecule has 1 aromatic heterocycles. The lowest BCUT2D eigenvalue weighted by Gasteiger charge is -2.11. The fourth-order valence-electron chi connectivity index (χ4n) is 2.86. The molecule has 0 atom stereocenters. The van der Waals surface area contributed by atoms with Gasteiger partial charge in [-0.1, -0.05) is 60.8 Å². The topological polar surface area (TPSA) is 96.7 Å². The number of halogens is 2. The summed E-state index contributed by atoms with van der Waals surface area (Å²) in [6.07, 6.45) is 3.03. The third kappa shape index (κ3) is 5.03. The Morgan fingerprint density at radius 3 is 2.43 bits per heavy atom. The van der Waals surface area contributed by atoms with Crippen molar-refractivity contribution in [1.82, 2.24) is 15.2 Å². The van der Waals surface area contributed by atoms with Gasteiger partial charge in [-0.3, -0.25) is 4.79 Å². The number of carbonyl (C=O) groups is 1. The van der Waals surface area contributed by atoms with E-state index in [1.807, 2.05) is 24.3 Å². The van der Waals surface area contributed by atoms with Crippen LogP contribution in [0.3, 0.4) is 0 Å². The molecule has 0 unspecified atom stereocenters. The van der Waals surface area contributed by atoms with Crippen molar-refractivity contribution in [3.63, 3.8) is 0 Å². The SMILES string of the molecule is CCCCC(=O)Cc1ccc(-c2c(Cl)cc(Nc3n[nH]c(N)n3)cc2Cl)cc1. The number of anilines is 3. The first-order valence-electron chi connectivity index (χ1n) is 9.01. The van der Waals surface area contributed by atoms with Gasteiger partial charge in [-0.25, -0.2) is 5.10 Å². The number of rotatable bonds is 8. The zero-order valence-electron chi connectivity index (χ0n) is 15.4. The van der Waals surface area contributed by atoms with E-state index in [1.165, 1.54) is 0 Å². The largest absolute Gasteiger partial charge is 0.368 e. The fraction of sp³-hybridized carbons (Fsp3) is 0.250. The fourth-order valence-corrected chi connectivity index (χ4v) is 3.56. The second-order valence-corrected chi connectivity index (χ2v) is 7.31. The van der Waals surface area contributed by atoms with Crippen LogP contribution in [0.2, 0.25) is 10.0 Å². The van der Waals surface area contributed by atoms with Crippen LogP contribution in [-0.4, -0.2) is 21.0 Å². The minimum Gasteiger partial charge on any atom is -0.368 e. The zero-order chi connectivity index (χ0) is 20.1. The molecule has 0 radical (unpaired) electrons. The summed E-state index contributed by atoms with van der Waals surface area (Å²) < 4.78 is 0. The molecule has 3 rings (SSSR count). The molecule has 0 fully saturated rings. The van der Waals surface area contributed by atoms with Gasteiger partial charge < -0.3 is 11.1 Å². The van der Waals surface area contributed by atoms with Gasteiger partial charge in [0, 0.05) is 24.1 Å². The first-order chi connectivity index (χ1) is 13.5. The summed E-state index contributed by atoms with van der Waals surface area (Å²) in [5.41, 5.74) is 8.76. The molecule has 3 aromatic rings. The lowest BCUT2D eigenvalue weighted by molar-refractivity contribution is -0.118. The number of aromatic amines is 1. The van der Waals surface area contributed by atoms with Gasteiger partial charge in [-0.05, 0) is 29.7 Å². The number of nitrogen functional groups attached to an aromatic ring is 1. The van der Waals surface area contributed by atoms with Crippen molar-refractivity contribution in [2.45, 2.75) is 32.6 Å². The molecule has 0 amide bonds. The number of benzene rings is 2. The van der Waals surface area contributed by atoms with Crippen LogP contribution in [0.5, 0.6) is 0 Å². The van der Waals surface area contributed by atoms with Crippen molar-refractivity contribution in [3.8, 4) is 11.1 Å². The normalized spacial score (nSPS) is 10.8. The number of hydrogen-bond donors (Lipinski definition) is 3. The highest BCUT2D eigenvalue weighted by Crippen LogP contribution is 2.38. The van der Waals surface area contributed by atoms with E-state index in [0.29, 0.717) is 34.5 Å². The average Bonchev–Trinajstić information content (AvgIpc) is 3.05. The van der Waals surface area contributed by atoms with Crippen LogP contribution in [0.15, 0.2) is 36.4 Å². The summed E-state index contributed by atoms with van der Waals surface area (Å²) in [5, 5.41) is 10.4. The van der Waals surface area contributed by atoms with E-state index in [2.05, 4.69) is 27.4 Å². The van der Waals surface area contributed by atoms with Crippen LogP contribution in [0, 0.1) is 0 Å². The number of carbonyl (C=O) groups excluding carboxylic acids is 1. The molecule has 0 aliphatic rings. The summed E-state index contributed by atoms with van der Waals surface area (Å²) in [6, 6.07) is 11.2. The maximum absolute atomic E-state index is 12.0. The van der Waals surface area contributed by atoms with E-state index >= 15 is 0 Å². The van der Waals surface area contributed by atoms with Crippen LogP contribution in [0.1, 0.15) is 31.7 Å². The monoisotopic (exact) mass is 417 g/mol. The second kappa shape index (κ2) is 9.08. The van der Waals surface area contributed by atoms with Gasteiger partial charge in [0.25, 0.3) is 0 Å². The number of nitrogens with one attached hydrogen (secondary N) is 2. The molecular formula is C20H21Cl2N5O. The number of nitrogens with zero attached hydrogens (tertiary/aromatic N) is 2. The van der Waals surface area contributed by atoms with Crippen molar-refractivity contribution >= 4 is 46.6 Å². The van der Waals surface area contributed by atoms with Gasteiger partial charge in [-0.2, -0.15) is 4.98 Å². The number of nitrogens with two attached hydrogens (primary N) is 1. The maximum atomic E-state index is 12.0. The second-order valence-electron chi connectivity index (χ2n) is 6.50. The van der Waals surface area contributed by atoms with Crippen molar-refractivity contribution < 1.29 is 4.79 Å². The summed E-state index contributed by atoms with van der Waals surface area (Å²) in [6.45, 7) is 2.08. The van der Waals surface area contributed by atoms with E-state index in [-0.39, 0.29) is 11.7 Å². The quantitative estimate of drug-likeness (QED) is 0.455. The third-order valence-electron chi connectivity index (χ3n) is 4.25. The molecule has 146 valence electrons. The summed E-state index contributed by atoms with van der Waals surface area (Å²) in [5.74, 6) is 0.799. The first kappa shape index (κ1) is 20.2. The number of Topliss-reactive ketones (excluding diaryl/α,β-unsaturated/α-hetero) is 1. The van der Waals surface area contributed by atoms with Gasteiger partial charge in [0.1, 0.15) is 5.78 Å². The molecule has 0 saturated carbocycles. The molecule has 28 heavy (non-hydrogen) atoms. The Bertz CT molecular complexity index is 946. The highest BCUT2D eigenvalue weighted by Gasteiger charge is 2.12. The molecule has 0 spiro atoms. The molecule has 0 aliphatic heterocycles. The maximum Gasteiger partial charge on any atom is 0.248 e. The van der Waals surface area contributed by atoms with Gasteiger partial charge in [0.2, 0.25) is 11.9 Å². The Morgan fingerprint density at radius 1 is 1.18 bits per heavy atom. The molecule has 6 nitrogen and oxygen atoms in total. The lowest BCUT2D eigenvalue weighted by Crippen LogP contribution is -2.02. The van der Waals surface area contributed by atoms with Crippen LogP contribution >= 0.6 is 23.2 Å². The Labute approximate surface area is 173 Å². The highest BCUT2D eigenvalue weighted by atomic mass is 35.5. The molecular weight excluding hydrogens is 397 g/mol. The Hall–Kier alpha value is -2.57. The van der Waals surface area contributed by atoms with Gasteiger partial charge in [-0.15, -0.1) is 5.10 Å². The van der Waals surface area contributed by atoms with Crippen LogP contribution in [-0.2, 0) is 11.2 Å². The van der Waals surface area contributed by atoms with Crippen LogP contribution < -0.4 is 11.1 Å². The van der Waals surface area contributed by atoms with Crippen molar-refractivity contribution in [1.29, 1.82) is 0 Å².